The number of nitrogens with zero attached hydrogens (tertiary/aromatic N) is 4. The number of fused-ring (bicyclic) bond motifs is 32. The Morgan fingerprint density at radius 3 is 1.52 bits per heavy atom. The van der Waals surface area contributed by atoms with Gasteiger partial charge in [-0.3, -0.25) is 0 Å². The van der Waals surface area contributed by atoms with Crippen molar-refractivity contribution in [2.45, 2.75) is 38.5 Å². The Morgan fingerprint density at radius 2 is 0.816 bits per heavy atom. The van der Waals surface area contributed by atoms with E-state index in [4.69, 9.17) is 4.42 Å². The van der Waals surface area contributed by atoms with E-state index in [0.717, 1.165) is 32.8 Å². The van der Waals surface area contributed by atoms with E-state index in [1.165, 1.54) is 185 Å². The molecule has 20 aromatic rings. The van der Waals surface area contributed by atoms with E-state index in [1.54, 1.807) is 0 Å². The minimum absolute atomic E-state index is 0.0837. The van der Waals surface area contributed by atoms with Crippen molar-refractivity contribution >= 4 is 176 Å². The predicted octanol–water partition coefficient (Wildman–Crippen LogP) is 20.6. The molecular weight excluding hydrogens is 1210 g/mol. The first-order valence-corrected chi connectivity index (χ1v) is 35.4. The van der Waals surface area contributed by atoms with Crippen LogP contribution >= 0.6 is 11.3 Å². The van der Waals surface area contributed by atoms with E-state index in [-0.39, 0.29) is 24.5 Å². The molecule has 0 saturated heterocycles. The van der Waals surface area contributed by atoms with Crippen LogP contribution in [0.4, 0.5) is 0 Å². The molecule has 0 amide bonds. The fourth-order valence-electron chi connectivity index (χ4n) is 20.2. The summed E-state index contributed by atoms with van der Waals surface area (Å²) in [5.41, 5.74) is 32.4. The van der Waals surface area contributed by atoms with Crippen LogP contribution in [0.1, 0.15) is 49.9 Å². The number of aromatic nitrogens is 4. The van der Waals surface area contributed by atoms with Crippen molar-refractivity contribution in [2.24, 2.45) is 0 Å². The summed E-state index contributed by atoms with van der Waals surface area (Å²) in [6, 6.07) is 102. The fraction of sp³-hybridized carbons (Fsp3) is 0.0667. The summed E-state index contributed by atoms with van der Waals surface area (Å²) in [6.45, 7) is 9.53. The number of rotatable bonds is 3. The normalized spacial score (nSPS) is 14.7. The topological polar surface area (TPSA) is 32.9 Å². The molecule has 0 spiro atoms. The Hall–Kier alpha value is -11.6. The van der Waals surface area contributed by atoms with Crippen molar-refractivity contribution in [3.63, 3.8) is 0 Å². The molecule has 4 aliphatic rings. The minimum atomic E-state index is -0.289. The van der Waals surface area contributed by atoms with Gasteiger partial charge >= 0.3 is 13.7 Å². The highest BCUT2D eigenvalue weighted by molar-refractivity contribution is 7.26. The molecule has 0 unspecified atom stereocenters. The lowest BCUT2D eigenvalue weighted by Crippen LogP contribution is -2.53. The third-order valence-electron chi connectivity index (χ3n) is 24.0. The maximum absolute atomic E-state index is 6.90. The second kappa shape index (κ2) is 17.9. The van der Waals surface area contributed by atoms with Gasteiger partial charge < -0.3 is 22.5 Å². The highest BCUT2D eigenvalue weighted by Crippen LogP contribution is 2.56. The zero-order chi connectivity index (χ0) is 64.1. The largest absolute Gasteiger partial charge is 0.455 e. The molecular formula is C90H56B2N4OS. The van der Waals surface area contributed by atoms with Crippen LogP contribution in [-0.4, -0.2) is 31.8 Å². The van der Waals surface area contributed by atoms with Crippen LogP contribution in [0.3, 0.4) is 0 Å². The molecule has 8 heterocycles. The third kappa shape index (κ3) is 6.14. The number of furan rings is 1. The van der Waals surface area contributed by atoms with Crippen LogP contribution in [0.25, 0.3) is 174 Å². The first-order valence-electron chi connectivity index (χ1n) is 34.6. The van der Waals surface area contributed by atoms with Gasteiger partial charge in [0.2, 0.25) is 0 Å². The van der Waals surface area contributed by atoms with Gasteiger partial charge in [0, 0.05) is 113 Å². The van der Waals surface area contributed by atoms with Crippen LogP contribution in [0.2, 0.25) is 0 Å². The minimum Gasteiger partial charge on any atom is -0.455 e. The van der Waals surface area contributed by atoms with Gasteiger partial charge in [-0.15, -0.1) is 11.3 Å². The smallest absolute Gasteiger partial charge is 0.332 e. The van der Waals surface area contributed by atoms with Gasteiger partial charge in [0.25, 0.3) is 0 Å². The number of para-hydroxylation sites is 6. The van der Waals surface area contributed by atoms with Crippen molar-refractivity contribution in [3.8, 4) is 44.8 Å². The highest BCUT2D eigenvalue weighted by atomic mass is 32.1. The Bertz CT molecular complexity index is 7160. The SMILES string of the molecule is CC1(C)c2ccccc2-c2ccc3c4ccccc4n(B4c5ccccc5-n5c6ccc7c8ccc(-c9cccc%10c9c9ccc%11c(c9n%10B9c%10ccccc%10-n%10c%12ccc%13c%14ccccc%14oc%13c%12c%12cccc9c%12%10)C(C)(C)c9ccccc9-%11)cc8sc7c6c6cccc4c65)c3c21. The van der Waals surface area contributed by atoms with Crippen molar-refractivity contribution in [3.05, 3.63) is 289 Å². The average Bonchev–Trinajstić information content (AvgIpc) is 1.51. The number of hydrogen-bond acceptors (Lipinski definition) is 2. The molecule has 6 aromatic heterocycles. The second-order valence-corrected chi connectivity index (χ2v) is 30.3. The van der Waals surface area contributed by atoms with Gasteiger partial charge in [0.05, 0.1) is 27.5 Å². The summed E-state index contributed by atoms with van der Waals surface area (Å²) in [6.07, 6.45) is 0. The summed E-state index contributed by atoms with van der Waals surface area (Å²) in [7, 11) is 0. The predicted molar refractivity (Wildman–Crippen MR) is 416 cm³/mol. The molecule has 0 atom stereocenters. The maximum Gasteiger partial charge on any atom is 0.332 e. The van der Waals surface area contributed by atoms with E-state index in [2.05, 4.69) is 313 Å². The lowest BCUT2D eigenvalue weighted by atomic mass is 9.48. The number of thiophene rings is 1. The molecule has 2 aliphatic heterocycles. The van der Waals surface area contributed by atoms with Gasteiger partial charge in [-0.2, -0.15) is 0 Å². The van der Waals surface area contributed by atoms with E-state index >= 15 is 0 Å². The second-order valence-electron chi connectivity index (χ2n) is 29.2. The molecule has 14 aromatic carbocycles. The Kier molecular flexibility index (Phi) is 9.62. The molecule has 24 rings (SSSR count). The molecule has 8 heteroatoms. The van der Waals surface area contributed by atoms with Crippen molar-refractivity contribution in [2.75, 3.05) is 0 Å². The van der Waals surface area contributed by atoms with Gasteiger partial charge in [-0.05, 0) is 132 Å². The average molecular weight is 1260 g/mol. The van der Waals surface area contributed by atoms with E-state index in [1.807, 2.05) is 11.3 Å². The third-order valence-corrected chi connectivity index (χ3v) is 25.2. The maximum atomic E-state index is 6.90. The standard InChI is InChI=1S/C90H56B2N4OS/c1-89(2)64-27-9-5-20-51(64)56-40-42-58-53-22-7-13-33-70(53)95(85(58)81(56)89)91-66-29-11-15-35-72(66)94-74-47-45-60-55-39-38-49(48-77(55)98-88(60)80(74)62-26-18-32-69(91)84(62)94)50-24-19-36-75-78(50)63-43-41-57-52-21-6-10-28-65(52)90(3,4)82(57)86(63)96(75)92-67-30-12-14-34-71(67)93-73-46-44-59-54-23-8-16-37-76(54)97-87(59)79(73)61-25-17-31-68(92)83(61)93/h5-48H,1-4H3. The number of benzene rings is 14. The Balaban J connectivity index is 0.735. The van der Waals surface area contributed by atoms with Crippen molar-refractivity contribution < 1.29 is 4.42 Å². The summed E-state index contributed by atoms with van der Waals surface area (Å²) >= 11 is 1.96. The molecule has 0 saturated carbocycles. The van der Waals surface area contributed by atoms with Gasteiger partial charge in [0.1, 0.15) is 11.2 Å². The monoisotopic (exact) mass is 1260 g/mol. The highest BCUT2D eigenvalue weighted by Gasteiger charge is 2.45. The van der Waals surface area contributed by atoms with Crippen LogP contribution in [0, 0.1) is 0 Å². The summed E-state index contributed by atoms with van der Waals surface area (Å²) in [4.78, 5) is 0. The lowest BCUT2D eigenvalue weighted by molar-refractivity contribution is 0.664. The van der Waals surface area contributed by atoms with Gasteiger partial charge in [-0.25, -0.2) is 0 Å². The van der Waals surface area contributed by atoms with Crippen molar-refractivity contribution in [1.29, 1.82) is 0 Å². The first-order chi connectivity index (χ1) is 48.2. The van der Waals surface area contributed by atoms with E-state index in [9.17, 15) is 0 Å². The van der Waals surface area contributed by atoms with E-state index < -0.39 is 0 Å². The van der Waals surface area contributed by atoms with E-state index in [0.29, 0.717) is 0 Å². The van der Waals surface area contributed by atoms with Gasteiger partial charge in [-0.1, -0.05) is 240 Å². The molecule has 0 N–H and O–H groups in total. The molecule has 2 aliphatic carbocycles. The molecule has 0 bridgehead atoms. The van der Waals surface area contributed by atoms with Crippen LogP contribution in [-0.2, 0) is 10.8 Å². The summed E-state index contributed by atoms with van der Waals surface area (Å²) in [5, 5.41) is 15.0. The van der Waals surface area contributed by atoms with Gasteiger partial charge in [0.15, 0.2) is 0 Å². The molecule has 0 fully saturated rings. The van der Waals surface area contributed by atoms with Crippen LogP contribution in [0.5, 0.6) is 0 Å². The number of hydrogen-bond donors (Lipinski definition) is 0. The van der Waals surface area contributed by atoms with Crippen LogP contribution in [0.15, 0.2) is 271 Å². The quantitative estimate of drug-likeness (QED) is 0.162. The first kappa shape index (κ1) is 52.7. The van der Waals surface area contributed by atoms with Crippen molar-refractivity contribution in [1.82, 2.24) is 18.1 Å². The lowest BCUT2D eigenvalue weighted by Gasteiger charge is -2.30. The molecule has 98 heavy (non-hydrogen) atoms. The molecule has 5 nitrogen and oxygen atoms in total. The molecule has 0 radical (unpaired) electrons. The molecule has 454 valence electrons. The zero-order valence-corrected chi connectivity index (χ0v) is 55.0. The summed E-state index contributed by atoms with van der Waals surface area (Å²) in [5.74, 6) is 0. The Labute approximate surface area is 567 Å². The fourth-order valence-corrected chi connectivity index (χ4v) is 21.5. The van der Waals surface area contributed by atoms with Crippen LogP contribution < -0.4 is 21.9 Å². The zero-order valence-electron chi connectivity index (χ0n) is 54.2. The Morgan fingerprint density at radius 1 is 0.327 bits per heavy atom. The summed E-state index contributed by atoms with van der Waals surface area (Å²) < 4.78 is 20.2.